The zero-order valence-electron chi connectivity index (χ0n) is 20.2. The van der Waals surface area contributed by atoms with E-state index < -0.39 is 5.97 Å². The van der Waals surface area contributed by atoms with Crippen LogP contribution in [0.3, 0.4) is 0 Å². The van der Waals surface area contributed by atoms with E-state index in [1.807, 2.05) is 37.3 Å². The lowest BCUT2D eigenvalue weighted by atomic mass is 9.94. The van der Waals surface area contributed by atoms with Gasteiger partial charge in [0, 0.05) is 36.5 Å². The number of hydrogen-bond donors (Lipinski definition) is 1. The average molecular weight is 472 g/mol. The summed E-state index contributed by atoms with van der Waals surface area (Å²) < 4.78 is 11.1. The van der Waals surface area contributed by atoms with Gasteiger partial charge in [0.25, 0.3) is 5.89 Å². The fourth-order valence-corrected chi connectivity index (χ4v) is 4.15. The van der Waals surface area contributed by atoms with Crippen molar-refractivity contribution in [1.29, 1.82) is 0 Å². The molecule has 2 aromatic carbocycles. The second-order valence-corrected chi connectivity index (χ2v) is 8.63. The number of hydrogen-bond acceptors (Lipinski definition) is 6. The zero-order valence-corrected chi connectivity index (χ0v) is 20.2. The molecule has 0 amide bonds. The summed E-state index contributed by atoms with van der Waals surface area (Å²) >= 11 is 0. The second-order valence-electron chi connectivity index (χ2n) is 8.63. The molecular formula is C28H29N3O4. The highest BCUT2D eigenvalue weighted by molar-refractivity contribution is 5.74. The molecule has 0 radical (unpaired) electrons. The molecule has 0 bridgehead atoms. The third kappa shape index (κ3) is 5.81. The van der Waals surface area contributed by atoms with Crippen molar-refractivity contribution in [2.45, 2.75) is 46.1 Å². The van der Waals surface area contributed by atoms with Gasteiger partial charge in [-0.1, -0.05) is 35.5 Å². The first-order valence-electron chi connectivity index (χ1n) is 11.7. The smallest absolute Gasteiger partial charge is 0.303 e. The number of unbranched alkanes of at least 4 members (excludes halogenated alkanes) is 1. The van der Waals surface area contributed by atoms with Gasteiger partial charge in [0.15, 0.2) is 0 Å². The van der Waals surface area contributed by atoms with Crippen molar-refractivity contribution in [3.63, 3.8) is 0 Å². The lowest BCUT2D eigenvalue weighted by molar-refractivity contribution is -0.137. The minimum atomic E-state index is -0.767. The maximum absolute atomic E-state index is 10.7. The number of rotatable bonds is 10. The van der Waals surface area contributed by atoms with Gasteiger partial charge in [-0.05, 0) is 79.1 Å². The Morgan fingerprint density at radius 1 is 1.00 bits per heavy atom. The Labute approximate surface area is 204 Å². The van der Waals surface area contributed by atoms with Crippen LogP contribution in [-0.2, 0) is 22.6 Å². The predicted molar refractivity (Wildman–Crippen MR) is 134 cm³/mol. The lowest BCUT2D eigenvalue weighted by Gasteiger charge is -2.12. The summed E-state index contributed by atoms with van der Waals surface area (Å²) in [7, 11) is 1.68. The first-order chi connectivity index (χ1) is 17.0. The van der Waals surface area contributed by atoms with Gasteiger partial charge in [-0.25, -0.2) is 0 Å². The van der Waals surface area contributed by atoms with E-state index in [1.54, 1.807) is 13.3 Å². The molecule has 7 nitrogen and oxygen atoms in total. The van der Waals surface area contributed by atoms with E-state index in [9.17, 15) is 4.79 Å². The van der Waals surface area contributed by atoms with Crippen molar-refractivity contribution in [3.05, 3.63) is 77.1 Å². The Kier molecular flexibility index (Phi) is 7.67. The number of nitrogens with zero attached hydrogens (tertiary/aromatic N) is 3. The quantitative estimate of drug-likeness (QED) is 0.282. The van der Waals surface area contributed by atoms with Crippen molar-refractivity contribution in [2.75, 3.05) is 7.11 Å². The van der Waals surface area contributed by atoms with E-state index >= 15 is 0 Å². The van der Waals surface area contributed by atoms with Gasteiger partial charge < -0.3 is 14.4 Å². The van der Waals surface area contributed by atoms with Gasteiger partial charge in [-0.2, -0.15) is 4.98 Å². The number of carboxylic acid groups (broad SMARTS) is 1. The van der Waals surface area contributed by atoms with Crippen LogP contribution in [0, 0.1) is 13.8 Å². The van der Waals surface area contributed by atoms with Gasteiger partial charge in [0.05, 0.1) is 6.61 Å². The SMILES string of the molecule is COCc1cc(-c2nc(-c3cnc(CCCCC(=O)O)c(C)c3)no2)ccc1-c1ccccc1C. The number of methoxy groups -OCH3 is 1. The number of aliphatic carboxylic acids is 1. The molecule has 0 aliphatic rings. The number of carbonyl (C=O) groups is 1. The maximum atomic E-state index is 10.7. The lowest BCUT2D eigenvalue weighted by Crippen LogP contribution is -1.98. The van der Waals surface area contributed by atoms with Gasteiger partial charge in [-0.15, -0.1) is 0 Å². The van der Waals surface area contributed by atoms with Crippen LogP contribution in [0.2, 0.25) is 0 Å². The number of aryl methyl sites for hydroxylation is 3. The zero-order chi connectivity index (χ0) is 24.8. The molecule has 0 spiro atoms. The van der Waals surface area contributed by atoms with Crippen molar-refractivity contribution in [2.24, 2.45) is 0 Å². The molecule has 0 fully saturated rings. The highest BCUT2D eigenvalue weighted by atomic mass is 16.5. The normalized spacial score (nSPS) is 11.1. The molecule has 0 aliphatic heterocycles. The van der Waals surface area contributed by atoms with Crippen molar-refractivity contribution < 1.29 is 19.2 Å². The van der Waals surface area contributed by atoms with E-state index in [4.69, 9.17) is 14.4 Å². The van der Waals surface area contributed by atoms with E-state index in [-0.39, 0.29) is 6.42 Å². The summed E-state index contributed by atoms with van der Waals surface area (Å²) in [4.78, 5) is 19.9. The molecule has 7 heteroatoms. The molecule has 2 aromatic heterocycles. The van der Waals surface area contributed by atoms with E-state index in [1.165, 1.54) is 11.1 Å². The Bertz CT molecular complexity index is 1330. The third-order valence-corrected chi connectivity index (χ3v) is 6.01. The molecule has 0 saturated carbocycles. The monoisotopic (exact) mass is 471 g/mol. The minimum Gasteiger partial charge on any atom is -0.481 e. The molecule has 0 atom stereocenters. The molecule has 1 N–H and O–H groups in total. The number of carboxylic acids is 1. The summed E-state index contributed by atoms with van der Waals surface area (Å²) in [6.07, 6.45) is 4.09. The summed E-state index contributed by atoms with van der Waals surface area (Å²) in [6.45, 7) is 4.56. The van der Waals surface area contributed by atoms with E-state index in [0.717, 1.165) is 46.4 Å². The maximum Gasteiger partial charge on any atom is 0.303 e. The topological polar surface area (TPSA) is 98.3 Å². The molecule has 180 valence electrons. The Hall–Kier alpha value is -3.84. The summed E-state index contributed by atoms with van der Waals surface area (Å²) in [5.74, 6) is 0.144. The largest absolute Gasteiger partial charge is 0.481 e. The first-order valence-corrected chi connectivity index (χ1v) is 11.7. The van der Waals surface area contributed by atoms with Crippen molar-refractivity contribution in [3.8, 4) is 34.0 Å². The second kappa shape index (κ2) is 11.1. The fourth-order valence-electron chi connectivity index (χ4n) is 4.15. The Morgan fingerprint density at radius 2 is 1.83 bits per heavy atom. The molecule has 2 heterocycles. The summed E-state index contributed by atoms with van der Waals surface area (Å²) in [6, 6.07) is 16.4. The Morgan fingerprint density at radius 3 is 2.57 bits per heavy atom. The molecule has 4 rings (SSSR count). The van der Waals surface area contributed by atoms with Gasteiger partial charge in [-0.3, -0.25) is 9.78 Å². The van der Waals surface area contributed by atoms with Crippen LogP contribution >= 0.6 is 0 Å². The first kappa shape index (κ1) is 24.3. The predicted octanol–water partition coefficient (Wildman–Crippen LogP) is 6.03. The molecule has 0 saturated heterocycles. The van der Waals surface area contributed by atoms with Crippen LogP contribution in [0.25, 0.3) is 34.0 Å². The van der Waals surface area contributed by atoms with E-state index in [0.29, 0.717) is 24.7 Å². The number of pyridine rings is 1. The standard InChI is InChI=1S/C28H29N3O4/c1-18-8-4-5-9-23(18)24-13-12-20(15-22(24)17-34-3)28-30-27(31-35-28)21-14-19(2)25(29-16-21)10-6-7-11-26(32)33/h4-5,8-9,12-16H,6-7,10-11,17H2,1-3H3,(H,32,33). The van der Waals surface area contributed by atoms with Crippen LogP contribution in [-0.4, -0.2) is 33.3 Å². The van der Waals surface area contributed by atoms with Crippen LogP contribution < -0.4 is 0 Å². The molecule has 0 unspecified atom stereocenters. The Balaban J connectivity index is 1.55. The van der Waals surface area contributed by atoms with Gasteiger partial charge in [0.1, 0.15) is 0 Å². The number of benzene rings is 2. The van der Waals surface area contributed by atoms with Crippen LogP contribution in [0.15, 0.2) is 59.3 Å². The van der Waals surface area contributed by atoms with Crippen molar-refractivity contribution >= 4 is 5.97 Å². The van der Waals surface area contributed by atoms with Crippen molar-refractivity contribution in [1.82, 2.24) is 15.1 Å². The highest BCUT2D eigenvalue weighted by Crippen LogP contribution is 2.31. The number of aromatic nitrogens is 3. The molecular weight excluding hydrogens is 442 g/mol. The fraction of sp³-hybridized carbons (Fsp3) is 0.286. The number of ether oxygens (including phenoxy) is 1. The molecule has 0 aliphatic carbocycles. The average Bonchev–Trinajstić information content (AvgIpc) is 3.34. The van der Waals surface area contributed by atoms with E-state index in [2.05, 4.69) is 40.2 Å². The summed E-state index contributed by atoms with van der Waals surface area (Å²) in [5, 5.41) is 13.0. The molecule has 35 heavy (non-hydrogen) atoms. The van der Waals surface area contributed by atoms with Gasteiger partial charge in [0.2, 0.25) is 5.82 Å². The van der Waals surface area contributed by atoms with Crippen LogP contribution in [0.1, 0.15) is 41.6 Å². The highest BCUT2D eigenvalue weighted by Gasteiger charge is 2.15. The molecule has 4 aromatic rings. The minimum absolute atomic E-state index is 0.181. The van der Waals surface area contributed by atoms with Gasteiger partial charge >= 0.3 is 5.97 Å². The van der Waals surface area contributed by atoms with Crippen LogP contribution in [0.5, 0.6) is 0 Å². The summed E-state index contributed by atoms with van der Waals surface area (Å²) in [5.41, 5.74) is 8.12. The third-order valence-electron chi connectivity index (χ3n) is 6.01. The van der Waals surface area contributed by atoms with Crippen LogP contribution in [0.4, 0.5) is 0 Å².